The smallest absolute Gasteiger partial charge is 0.659 e. The van der Waals surface area contributed by atoms with Crippen LogP contribution in [0.2, 0.25) is 0 Å². The molecule has 6 aromatic rings. The maximum absolute atomic E-state index is 14.4. The minimum absolute atomic E-state index is 0. The zero-order chi connectivity index (χ0) is 40.4. The molecule has 0 aliphatic carbocycles. The fraction of sp³-hybridized carbons (Fsp3) is 0.120. The van der Waals surface area contributed by atoms with Gasteiger partial charge in [-0.25, -0.2) is 0 Å². The van der Waals surface area contributed by atoms with Gasteiger partial charge in [0.05, 0.1) is 0 Å². The van der Waals surface area contributed by atoms with E-state index in [-0.39, 0.29) is 28.1 Å². The second-order valence-corrected chi connectivity index (χ2v) is 13.8. The molecule has 1 aliphatic heterocycles. The van der Waals surface area contributed by atoms with Crippen molar-refractivity contribution in [3.63, 3.8) is 0 Å². The molecule has 1 heterocycles. The fourth-order valence-electron chi connectivity index (χ4n) is 6.61. The number of aliphatic imine (C=N–C) groups is 2. The van der Waals surface area contributed by atoms with E-state index in [1.807, 2.05) is 109 Å². The van der Waals surface area contributed by atoms with Crippen LogP contribution in [-0.2, 0) is 29.7 Å². The van der Waals surface area contributed by atoms with Gasteiger partial charge in [0, 0.05) is 45.1 Å². The third-order valence-electron chi connectivity index (χ3n) is 9.55. The summed E-state index contributed by atoms with van der Waals surface area (Å²) in [6.45, 7) is 8.02. The molecular weight excluding hydrogens is 779 g/mol. The summed E-state index contributed by atoms with van der Waals surface area (Å²) in [7, 11) is 0. The SMILES string of the molecule is CC1=Nc2ccccc2[N-]/C(C)=C(/C(=O)c2ccc(OCc3ccccc3)cc2)C(C)=Nc2ccccc2[N-]/C(C)=C\1C(=O)c1ccc(OCc2ccccc2)cc1.[Ni+2]. The van der Waals surface area contributed by atoms with Crippen molar-refractivity contribution in [3.8, 4) is 11.5 Å². The van der Waals surface area contributed by atoms with Gasteiger partial charge in [-0.15, -0.1) is 22.8 Å². The first-order valence-corrected chi connectivity index (χ1v) is 19.0. The van der Waals surface area contributed by atoms with E-state index in [2.05, 4.69) is 0 Å². The summed E-state index contributed by atoms with van der Waals surface area (Å²) >= 11 is 0. The van der Waals surface area contributed by atoms with Crippen LogP contribution < -0.4 is 9.47 Å². The standard InChI is InChI=1S/C50H44N4O4.Ni/c1-33-47(49(55)39-23-27-41(28-24-39)57-31-37-15-7-5-8-16-37)34(2)52-45-21-13-14-22-46(45)54-36(4)48(35(3)53-44-20-12-11-19-43(44)51-33)50(56)40-25-29-42(30-26-40)58-32-38-17-9-6-10-18-38;/h5-30H,31-32H2,1-4H3,(H2,51,52,53,54,55,56);/q;+2/p-2. The van der Waals surface area contributed by atoms with E-state index in [9.17, 15) is 9.59 Å². The molecule has 6 aromatic carbocycles. The van der Waals surface area contributed by atoms with Gasteiger partial charge in [-0.05, 0) is 85.6 Å². The largest absolute Gasteiger partial charge is 2.00 e. The quantitative estimate of drug-likeness (QED) is 0.101. The van der Waals surface area contributed by atoms with Crippen molar-refractivity contribution in [3.05, 3.63) is 213 Å². The van der Waals surface area contributed by atoms with Gasteiger partial charge in [-0.1, -0.05) is 111 Å². The Morgan fingerprint density at radius 3 is 1.17 bits per heavy atom. The number of hydrogen-bond acceptors (Lipinski definition) is 6. The molecule has 59 heavy (non-hydrogen) atoms. The van der Waals surface area contributed by atoms with E-state index in [0.717, 1.165) is 11.1 Å². The summed E-state index contributed by atoms with van der Waals surface area (Å²) in [5.74, 6) is 0.819. The Morgan fingerprint density at radius 1 is 0.458 bits per heavy atom. The Balaban J connectivity index is 0.00000585. The van der Waals surface area contributed by atoms with Gasteiger partial charge in [0.1, 0.15) is 24.7 Å². The number of benzene rings is 6. The van der Waals surface area contributed by atoms with E-state index in [1.54, 1.807) is 76.2 Å². The van der Waals surface area contributed by atoms with Crippen molar-refractivity contribution in [2.45, 2.75) is 40.9 Å². The molecule has 0 fully saturated rings. The molecule has 0 aromatic heterocycles. The van der Waals surface area contributed by atoms with Crippen LogP contribution >= 0.6 is 0 Å². The number of para-hydroxylation sites is 4. The topological polar surface area (TPSA) is 106 Å². The van der Waals surface area contributed by atoms with Gasteiger partial charge in [-0.2, -0.15) is 0 Å². The fourth-order valence-corrected chi connectivity index (χ4v) is 6.61. The molecule has 0 spiro atoms. The van der Waals surface area contributed by atoms with Crippen molar-refractivity contribution in [1.82, 2.24) is 0 Å². The maximum Gasteiger partial charge on any atom is 2.00 e. The molecule has 1 aliphatic rings. The zero-order valence-corrected chi connectivity index (χ0v) is 34.2. The zero-order valence-electron chi connectivity index (χ0n) is 33.2. The van der Waals surface area contributed by atoms with E-state index >= 15 is 0 Å². The summed E-state index contributed by atoms with van der Waals surface area (Å²) in [4.78, 5) is 38.8. The first kappa shape index (κ1) is 41.8. The Labute approximate surface area is 355 Å². The van der Waals surface area contributed by atoms with E-state index in [4.69, 9.17) is 30.1 Å². The summed E-state index contributed by atoms with van der Waals surface area (Å²) < 4.78 is 12.0. The molecule has 0 radical (unpaired) electrons. The molecule has 7 rings (SSSR count). The molecule has 9 heteroatoms. The van der Waals surface area contributed by atoms with Crippen LogP contribution in [0.25, 0.3) is 10.6 Å². The first-order valence-electron chi connectivity index (χ1n) is 19.0. The second-order valence-electron chi connectivity index (χ2n) is 13.8. The van der Waals surface area contributed by atoms with Gasteiger partial charge in [-0.3, -0.25) is 19.6 Å². The Morgan fingerprint density at radius 2 is 0.797 bits per heavy atom. The van der Waals surface area contributed by atoms with Crippen LogP contribution in [0.15, 0.2) is 190 Å². The molecule has 0 bridgehead atoms. The summed E-state index contributed by atoms with van der Waals surface area (Å²) in [6, 6.07) is 48.8. The van der Waals surface area contributed by atoms with Crippen molar-refractivity contribution in [1.29, 1.82) is 0 Å². The normalized spacial score (nSPS) is 15.3. The number of carbonyl (C=O) groups excluding carboxylic acids is 2. The first-order chi connectivity index (χ1) is 28.2. The van der Waals surface area contributed by atoms with Crippen LogP contribution in [0.4, 0.5) is 22.7 Å². The summed E-state index contributed by atoms with van der Waals surface area (Å²) in [5, 5.41) is 9.96. The van der Waals surface area contributed by atoms with Crippen molar-refractivity contribution in [2.24, 2.45) is 9.98 Å². The average molecular weight is 822 g/mol. The van der Waals surface area contributed by atoms with Gasteiger partial charge in [0.2, 0.25) is 0 Å². The number of fused-ring (bicyclic) bond motifs is 2. The molecule has 296 valence electrons. The van der Waals surface area contributed by atoms with Gasteiger partial charge in [0.15, 0.2) is 11.6 Å². The number of ether oxygens (including phenoxy) is 2. The molecule has 0 saturated carbocycles. The number of carbonyl (C=O) groups is 2. The minimum atomic E-state index is -0.240. The van der Waals surface area contributed by atoms with E-state index < -0.39 is 0 Å². The molecule has 8 nitrogen and oxygen atoms in total. The van der Waals surface area contributed by atoms with E-state index in [0.29, 0.717) is 92.6 Å². The third kappa shape index (κ3) is 10.4. The molecule has 0 unspecified atom stereocenters. The van der Waals surface area contributed by atoms with E-state index in [1.165, 1.54) is 0 Å². The van der Waals surface area contributed by atoms with Crippen molar-refractivity contribution in [2.75, 3.05) is 0 Å². The molecule has 0 atom stereocenters. The predicted molar refractivity (Wildman–Crippen MR) is 233 cm³/mol. The molecular formula is C50H42N4NiO4. The Bertz CT molecular complexity index is 2380. The maximum atomic E-state index is 14.4. The minimum Gasteiger partial charge on any atom is -0.659 e. The Kier molecular flexibility index (Phi) is 13.9. The molecule has 0 saturated heterocycles. The monoisotopic (exact) mass is 820 g/mol. The van der Waals surface area contributed by atoms with Crippen LogP contribution in [-0.4, -0.2) is 23.0 Å². The average Bonchev–Trinajstić information content (AvgIpc) is 3.24. The number of nitrogens with zero attached hydrogens (tertiary/aromatic N) is 4. The van der Waals surface area contributed by atoms with Gasteiger partial charge < -0.3 is 20.1 Å². The van der Waals surface area contributed by atoms with Gasteiger partial charge in [0.25, 0.3) is 0 Å². The molecule has 0 N–H and O–H groups in total. The van der Waals surface area contributed by atoms with Gasteiger partial charge >= 0.3 is 16.5 Å². The summed E-state index contributed by atoms with van der Waals surface area (Å²) in [6.07, 6.45) is 0. The third-order valence-corrected chi connectivity index (χ3v) is 9.55. The second kappa shape index (κ2) is 19.6. The molecule has 0 amide bonds. The number of rotatable bonds is 10. The van der Waals surface area contributed by atoms with Crippen molar-refractivity contribution >= 4 is 45.7 Å². The van der Waals surface area contributed by atoms with Crippen LogP contribution in [0.5, 0.6) is 11.5 Å². The summed E-state index contributed by atoms with van der Waals surface area (Å²) in [5.41, 5.74) is 7.66. The number of allylic oxidation sites excluding steroid dienone is 4. The number of Topliss-reactive ketones (excluding diaryl/α,β-unsaturated/α-hetero) is 2. The predicted octanol–water partition coefficient (Wildman–Crippen LogP) is 13.1. The van der Waals surface area contributed by atoms with Crippen LogP contribution in [0.1, 0.15) is 59.5 Å². The number of hydrogen-bond donors (Lipinski definition) is 0. The van der Waals surface area contributed by atoms with Crippen LogP contribution in [0.3, 0.4) is 0 Å². The number of ketones is 2. The Hall–Kier alpha value is -6.83. The van der Waals surface area contributed by atoms with Crippen molar-refractivity contribution < 1.29 is 35.6 Å². The van der Waals surface area contributed by atoms with Crippen LogP contribution in [0, 0.1) is 0 Å².